The first kappa shape index (κ1) is 11.1. The maximum atomic E-state index is 12.8. The van der Waals surface area contributed by atoms with Crippen LogP contribution < -0.4 is 0 Å². The second kappa shape index (κ2) is 4.85. The summed E-state index contributed by atoms with van der Waals surface area (Å²) in [6.45, 7) is 4.72. The fraction of sp³-hybridized carbons (Fsp3) is 0.750. The van der Waals surface area contributed by atoms with Crippen molar-refractivity contribution in [3.05, 3.63) is 0 Å². The summed E-state index contributed by atoms with van der Waals surface area (Å²) in [5, 5.41) is 0. The van der Waals surface area contributed by atoms with Crippen molar-refractivity contribution in [2.45, 2.75) is 26.9 Å². The van der Waals surface area contributed by atoms with Gasteiger partial charge in [-0.25, -0.2) is 9.18 Å². The quantitative estimate of drug-likeness (QED) is 0.476. The number of carbonyl (C=O) groups is 2. The summed E-state index contributed by atoms with van der Waals surface area (Å²) in [5.41, 5.74) is 0. The number of hydrogen-bond acceptors (Lipinski definition) is 3. The molecule has 0 fully saturated rings. The van der Waals surface area contributed by atoms with Crippen molar-refractivity contribution >= 4 is 11.8 Å². The topological polar surface area (TPSA) is 43.4 Å². The molecule has 0 N–H and O–H groups in total. The first-order valence-electron chi connectivity index (χ1n) is 3.85. The standard InChI is InChI=1S/C8H13FO3/c1-4-12-8(11)7(10)6(9)5(2)3/h5-6H,4H2,1-3H3. The van der Waals surface area contributed by atoms with Crippen molar-refractivity contribution < 1.29 is 18.7 Å². The average molecular weight is 176 g/mol. The maximum Gasteiger partial charge on any atom is 0.377 e. The Kier molecular flexibility index (Phi) is 4.47. The Morgan fingerprint density at radius 1 is 1.42 bits per heavy atom. The summed E-state index contributed by atoms with van der Waals surface area (Å²) in [5.74, 6) is -2.66. The number of ketones is 1. The molecule has 0 heterocycles. The fourth-order valence-corrected chi connectivity index (χ4v) is 0.618. The molecular formula is C8H13FO3. The molecule has 0 spiro atoms. The van der Waals surface area contributed by atoms with Crippen LogP contribution in [0.3, 0.4) is 0 Å². The molecule has 0 aliphatic heterocycles. The predicted molar refractivity (Wildman–Crippen MR) is 41.4 cm³/mol. The largest absolute Gasteiger partial charge is 0.460 e. The van der Waals surface area contributed by atoms with Gasteiger partial charge in [0.1, 0.15) is 0 Å². The third kappa shape index (κ3) is 2.98. The van der Waals surface area contributed by atoms with Crippen molar-refractivity contribution in [1.82, 2.24) is 0 Å². The van der Waals surface area contributed by atoms with Crippen molar-refractivity contribution in [3.8, 4) is 0 Å². The molecule has 0 aliphatic carbocycles. The lowest BCUT2D eigenvalue weighted by atomic mass is 10.1. The molecule has 70 valence electrons. The third-order valence-electron chi connectivity index (χ3n) is 1.31. The molecule has 0 bridgehead atoms. The van der Waals surface area contributed by atoms with Gasteiger partial charge in [0.25, 0.3) is 5.78 Å². The number of alkyl halides is 1. The Balaban J connectivity index is 4.10. The minimum atomic E-state index is -1.75. The number of hydrogen-bond donors (Lipinski definition) is 0. The second-order valence-electron chi connectivity index (χ2n) is 2.73. The van der Waals surface area contributed by atoms with Crippen LogP contribution in [0.15, 0.2) is 0 Å². The zero-order chi connectivity index (χ0) is 9.72. The van der Waals surface area contributed by atoms with E-state index in [4.69, 9.17) is 0 Å². The van der Waals surface area contributed by atoms with Gasteiger partial charge in [0.2, 0.25) is 0 Å². The van der Waals surface area contributed by atoms with Crippen LogP contribution in [-0.2, 0) is 14.3 Å². The number of ether oxygens (including phenoxy) is 1. The summed E-state index contributed by atoms with van der Waals surface area (Å²) in [6.07, 6.45) is -1.75. The molecule has 0 saturated carbocycles. The zero-order valence-electron chi connectivity index (χ0n) is 7.46. The van der Waals surface area contributed by atoms with Crippen molar-refractivity contribution in [2.75, 3.05) is 6.61 Å². The van der Waals surface area contributed by atoms with Crippen LogP contribution in [0.1, 0.15) is 20.8 Å². The molecule has 1 atom stereocenters. The van der Waals surface area contributed by atoms with Gasteiger partial charge in [0.15, 0.2) is 6.17 Å². The summed E-state index contributed by atoms with van der Waals surface area (Å²) < 4.78 is 17.2. The molecule has 0 aromatic heterocycles. The Bertz CT molecular complexity index is 177. The van der Waals surface area contributed by atoms with Crippen molar-refractivity contribution in [2.24, 2.45) is 5.92 Å². The van der Waals surface area contributed by atoms with Crippen molar-refractivity contribution in [1.29, 1.82) is 0 Å². The Morgan fingerprint density at radius 2 is 1.92 bits per heavy atom. The Hall–Kier alpha value is -0.930. The second-order valence-corrected chi connectivity index (χ2v) is 2.73. The number of carbonyl (C=O) groups excluding carboxylic acids is 2. The summed E-state index contributed by atoms with van der Waals surface area (Å²) in [7, 11) is 0. The van der Waals surface area contributed by atoms with E-state index in [0.717, 1.165) is 0 Å². The van der Waals surface area contributed by atoms with Crippen LogP contribution in [0, 0.1) is 5.92 Å². The molecule has 0 aromatic rings. The zero-order valence-corrected chi connectivity index (χ0v) is 7.46. The lowest BCUT2D eigenvalue weighted by molar-refractivity contribution is -0.156. The Morgan fingerprint density at radius 3 is 2.25 bits per heavy atom. The summed E-state index contributed by atoms with van der Waals surface area (Å²) in [4.78, 5) is 21.5. The lowest BCUT2D eigenvalue weighted by Gasteiger charge is -2.08. The van der Waals surface area contributed by atoms with Crippen molar-refractivity contribution in [3.63, 3.8) is 0 Å². The molecule has 0 rings (SSSR count). The number of halogens is 1. The van der Waals surface area contributed by atoms with Gasteiger partial charge in [0.05, 0.1) is 6.61 Å². The monoisotopic (exact) mass is 176 g/mol. The van der Waals surface area contributed by atoms with Crippen LogP contribution in [0.25, 0.3) is 0 Å². The third-order valence-corrected chi connectivity index (χ3v) is 1.31. The highest BCUT2D eigenvalue weighted by Crippen LogP contribution is 2.07. The molecule has 3 nitrogen and oxygen atoms in total. The number of Topliss-reactive ketones (excluding diaryl/α,β-unsaturated/α-hetero) is 1. The molecular weight excluding hydrogens is 163 g/mol. The molecule has 0 amide bonds. The number of rotatable bonds is 4. The van der Waals surface area contributed by atoms with E-state index in [1.807, 2.05) is 0 Å². The Labute approximate surface area is 70.9 Å². The van der Waals surface area contributed by atoms with Gasteiger partial charge in [-0.3, -0.25) is 4.79 Å². The van der Waals surface area contributed by atoms with Gasteiger partial charge < -0.3 is 4.74 Å². The predicted octanol–water partition coefficient (Wildman–Crippen LogP) is 1.11. The summed E-state index contributed by atoms with van der Waals surface area (Å²) >= 11 is 0. The van der Waals surface area contributed by atoms with Crippen LogP contribution >= 0.6 is 0 Å². The molecule has 0 radical (unpaired) electrons. The first-order valence-corrected chi connectivity index (χ1v) is 3.85. The van der Waals surface area contributed by atoms with E-state index in [1.165, 1.54) is 13.8 Å². The van der Waals surface area contributed by atoms with E-state index < -0.39 is 23.8 Å². The van der Waals surface area contributed by atoms with Crippen LogP contribution in [0.4, 0.5) is 4.39 Å². The molecule has 1 unspecified atom stereocenters. The van der Waals surface area contributed by atoms with Crippen LogP contribution in [0.2, 0.25) is 0 Å². The highest BCUT2D eigenvalue weighted by molar-refractivity contribution is 6.35. The van der Waals surface area contributed by atoms with Crippen LogP contribution in [-0.4, -0.2) is 24.5 Å². The lowest BCUT2D eigenvalue weighted by Crippen LogP contribution is -2.30. The first-order chi connectivity index (χ1) is 5.50. The minimum absolute atomic E-state index is 0.0926. The van der Waals surface area contributed by atoms with Gasteiger partial charge in [0, 0.05) is 0 Å². The minimum Gasteiger partial charge on any atom is -0.460 e. The molecule has 0 aromatic carbocycles. The maximum absolute atomic E-state index is 12.8. The van der Waals surface area contributed by atoms with Gasteiger partial charge in [-0.2, -0.15) is 0 Å². The molecule has 12 heavy (non-hydrogen) atoms. The smallest absolute Gasteiger partial charge is 0.377 e. The molecule has 0 saturated heterocycles. The molecule has 4 heteroatoms. The summed E-state index contributed by atoms with van der Waals surface area (Å²) in [6, 6.07) is 0. The highest BCUT2D eigenvalue weighted by Gasteiger charge is 2.28. The fourth-order valence-electron chi connectivity index (χ4n) is 0.618. The van der Waals surface area contributed by atoms with Gasteiger partial charge >= 0.3 is 5.97 Å². The van der Waals surface area contributed by atoms with Gasteiger partial charge in [-0.1, -0.05) is 13.8 Å². The van der Waals surface area contributed by atoms with E-state index in [2.05, 4.69) is 4.74 Å². The number of esters is 1. The van der Waals surface area contributed by atoms with E-state index >= 15 is 0 Å². The van der Waals surface area contributed by atoms with Crippen LogP contribution in [0.5, 0.6) is 0 Å². The van der Waals surface area contributed by atoms with E-state index in [1.54, 1.807) is 6.92 Å². The van der Waals surface area contributed by atoms with E-state index in [9.17, 15) is 14.0 Å². The highest BCUT2D eigenvalue weighted by atomic mass is 19.1. The van der Waals surface area contributed by atoms with E-state index in [0.29, 0.717) is 0 Å². The molecule has 0 aliphatic rings. The normalized spacial score (nSPS) is 12.8. The van der Waals surface area contributed by atoms with E-state index in [-0.39, 0.29) is 6.61 Å². The average Bonchev–Trinajstić information content (AvgIpc) is 2.02. The SMILES string of the molecule is CCOC(=O)C(=O)C(F)C(C)C. The van der Waals surface area contributed by atoms with Gasteiger partial charge in [-0.15, -0.1) is 0 Å². The van der Waals surface area contributed by atoms with Gasteiger partial charge in [-0.05, 0) is 12.8 Å².